The molecule has 0 fully saturated rings. The van der Waals surface area contributed by atoms with Crippen molar-refractivity contribution in [2.75, 3.05) is 0 Å². The lowest BCUT2D eigenvalue weighted by Gasteiger charge is -2.00. The fourth-order valence-electron chi connectivity index (χ4n) is 1.91. The van der Waals surface area contributed by atoms with Crippen LogP contribution in [0.1, 0.15) is 5.82 Å². The van der Waals surface area contributed by atoms with E-state index in [0.717, 1.165) is 22.6 Å². The molecule has 0 aliphatic heterocycles. The molecule has 4 heteroatoms. The van der Waals surface area contributed by atoms with Gasteiger partial charge in [0.2, 0.25) is 0 Å². The summed E-state index contributed by atoms with van der Waals surface area (Å²) in [7, 11) is 0. The number of hydrogen-bond donors (Lipinski definition) is 2. The van der Waals surface area contributed by atoms with Crippen molar-refractivity contribution in [1.82, 2.24) is 15.0 Å². The number of rotatable bonds is 2. The Morgan fingerprint density at radius 2 is 2.06 bits per heavy atom. The molecular weight excluding hydrogens is 230 g/mol. The van der Waals surface area contributed by atoms with Gasteiger partial charge in [-0.1, -0.05) is 18.2 Å². The van der Waals surface area contributed by atoms with Crippen molar-refractivity contribution in [3.63, 3.8) is 0 Å². The first-order valence-electron chi connectivity index (χ1n) is 5.38. The number of para-hydroxylation sites is 1. The van der Waals surface area contributed by atoms with E-state index in [2.05, 4.69) is 39.7 Å². The second-order valence-electron chi connectivity index (χ2n) is 3.76. The van der Waals surface area contributed by atoms with Gasteiger partial charge in [-0.15, -0.1) is 0 Å². The van der Waals surface area contributed by atoms with Crippen LogP contribution in [0.3, 0.4) is 0 Å². The monoisotopic (exact) mass is 241 g/mol. The van der Waals surface area contributed by atoms with Gasteiger partial charge < -0.3 is 4.98 Å². The molecule has 0 spiro atoms. The lowest BCUT2D eigenvalue weighted by molar-refractivity contribution is 1.04. The summed E-state index contributed by atoms with van der Waals surface area (Å²) in [6.07, 6.45) is 3.75. The number of thiol groups is 1. The summed E-state index contributed by atoms with van der Waals surface area (Å²) in [5, 5.41) is 1.18. The third kappa shape index (κ3) is 1.80. The van der Waals surface area contributed by atoms with Crippen LogP contribution in [0, 0.1) is 0 Å². The topological polar surface area (TPSA) is 41.6 Å². The van der Waals surface area contributed by atoms with Gasteiger partial charge in [0.25, 0.3) is 0 Å². The van der Waals surface area contributed by atoms with Crippen molar-refractivity contribution in [2.24, 2.45) is 0 Å². The van der Waals surface area contributed by atoms with Crippen LogP contribution in [0.4, 0.5) is 0 Å². The quantitative estimate of drug-likeness (QED) is 0.677. The van der Waals surface area contributed by atoms with Gasteiger partial charge in [-0.25, -0.2) is 9.97 Å². The smallest absolute Gasteiger partial charge is 0.138 e. The highest BCUT2D eigenvalue weighted by molar-refractivity contribution is 7.79. The van der Waals surface area contributed by atoms with Crippen LogP contribution in [0.15, 0.2) is 42.7 Å². The number of benzene rings is 1. The average Bonchev–Trinajstić information content (AvgIpc) is 2.82. The SMILES string of the molecule is SCc1nccc(-c2c[nH]c3ccccc23)n1. The zero-order valence-electron chi connectivity index (χ0n) is 9.09. The Morgan fingerprint density at radius 3 is 2.94 bits per heavy atom. The maximum Gasteiger partial charge on any atom is 0.138 e. The molecule has 1 N–H and O–H groups in total. The van der Waals surface area contributed by atoms with Crippen molar-refractivity contribution in [1.29, 1.82) is 0 Å². The average molecular weight is 241 g/mol. The maximum absolute atomic E-state index is 4.48. The van der Waals surface area contributed by atoms with Crippen molar-refractivity contribution < 1.29 is 0 Å². The van der Waals surface area contributed by atoms with E-state index < -0.39 is 0 Å². The van der Waals surface area contributed by atoms with Crippen LogP contribution in [0.2, 0.25) is 0 Å². The second-order valence-corrected chi connectivity index (χ2v) is 4.08. The minimum absolute atomic E-state index is 0.552. The summed E-state index contributed by atoms with van der Waals surface area (Å²) in [6, 6.07) is 10.1. The van der Waals surface area contributed by atoms with E-state index in [1.807, 2.05) is 24.4 Å². The molecule has 3 nitrogen and oxygen atoms in total. The summed E-state index contributed by atoms with van der Waals surface area (Å²) in [5.41, 5.74) is 3.15. The molecule has 0 atom stereocenters. The number of aromatic amines is 1. The number of nitrogens with zero attached hydrogens (tertiary/aromatic N) is 2. The Balaban J connectivity index is 2.20. The Kier molecular flexibility index (Phi) is 2.57. The van der Waals surface area contributed by atoms with E-state index in [0.29, 0.717) is 5.75 Å². The molecule has 0 aliphatic rings. The highest BCUT2D eigenvalue weighted by atomic mass is 32.1. The molecule has 0 unspecified atom stereocenters. The summed E-state index contributed by atoms with van der Waals surface area (Å²) in [4.78, 5) is 11.9. The van der Waals surface area contributed by atoms with Gasteiger partial charge in [-0.2, -0.15) is 12.6 Å². The molecule has 3 rings (SSSR count). The van der Waals surface area contributed by atoms with Crippen LogP contribution in [-0.4, -0.2) is 15.0 Å². The number of aromatic nitrogens is 3. The molecule has 3 aromatic rings. The van der Waals surface area contributed by atoms with Gasteiger partial charge in [0.05, 0.1) is 11.4 Å². The molecule has 0 bridgehead atoms. The zero-order valence-corrected chi connectivity index (χ0v) is 9.98. The standard InChI is InChI=1S/C13H11N3S/c17-8-13-14-6-5-12(16-13)10-7-15-11-4-2-1-3-9(10)11/h1-7,15,17H,8H2. The van der Waals surface area contributed by atoms with E-state index >= 15 is 0 Å². The predicted molar refractivity (Wildman–Crippen MR) is 72.0 cm³/mol. The normalized spacial score (nSPS) is 10.9. The molecule has 0 saturated heterocycles. The fraction of sp³-hybridized carbons (Fsp3) is 0.0769. The number of nitrogens with one attached hydrogen (secondary N) is 1. The van der Waals surface area contributed by atoms with Gasteiger partial charge in [0, 0.05) is 28.9 Å². The van der Waals surface area contributed by atoms with E-state index in [1.54, 1.807) is 6.20 Å². The molecule has 1 aromatic carbocycles. The second kappa shape index (κ2) is 4.22. The third-order valence-corrected chi connectivity index (χ3v) is 2.99. The molecule has 0 saturated carbocycles. The molecule has 84 valence electrons. The minimum Gasteiger partial charge on any atom is -0.360 e. The fourth-order valence-corrected chi connectivity index (χ4v) is 2.06. The first kappa shape index (κ1) is 10.4. The molecular formula is C13H11N3S. The van der Waals surface area contributed by atoms with Crippen LogP contribution < -0.4 is 0 Å². The van der Waals surface area contributed by atoms with Gasteiger partial charge in [-0.05, 0) is 12.1 Å². The van der Waals surface area contributed by atoms with Crippen molar-refractivity contribution >= 4 is 23.5 Å². The molecule has 17 heavy (non-hydrogen) atoms. The highest BCUT2D eigenvalue weighted by Gasteiger charge is 2.07. The highest BCUT2D eigenvalue weighted by Crippen LogP contribution is 2.26. The minimum atomic E-state index is 0.552. The van der Waals surface area contributed by atoms with Crippen LogP contribution in [0.25, 0.3) is 22.2 Å². The largest absolute Gasteiger partial charge is 0.360 e. The predicted octanol–water partition coefficient (Wildman–Crippen LogP) is 3.05. The van der Waals surface area contributed by atoms with Gasteiger partial charge in [0.1, 0.15) is 5.82 Å². The number of H-pyrrole nitrogens is 1. The van der Waals surface area contributed by atoms with Crippen molar-refractivity contribution in [3.8, 4) is 11.3 Å². The van der Waals surface area contributed by atoms with E-state index in [9.17, 15) is 0 Å². The lowest BCUT2D eigenvalue weighted by Crippen LogP contribution is -1.92. The van der Waals surface area contributed by atoms with E-state index in [4.69, 9.17) is 0 Å². The van der Waals surface area contributed by atoms with Crippen LogP contribution >= 0.6 is 12.6 Å². The maximum atomic E-state index is 4.48. The zero-order chi connectivity index (χ0) is 11.7. The Bertz CT molecular complexity index is 660. The molecule has 0 amide bonds. The molecule has 2 aromatic heterocycles. The number of fused-ring (bicyclic) bond motifs is 1. The summed E-state index contributed by atoms with van der Waals surface area (Å²) >= 11 is 4.20. The van der Waals surface area contributed by atoms with E-state index in [-0.39, 0.29) is 0 Å². The van der Waals surface area contributed by atoms with Gasteiger partial charge in [-0.3, -0.25) is 0 Å². The van der Waals surface area contributed by atoms with Gasteiger partial charge in [0.15, 0.2) is 0 Å². The lowest BCUT2D eigenvalue weighted by atomic mass is 10.1. The first-order valence-corrected chi connectivity index (χ1v) is 6.01. The van der Waals surface area contributed by atoms with E-state index in [1.165, 1.54) is 5.39 Å². The Morgan fingerprint density at radius 1 is 1.18 bits per heavy atom. The van der Waals surface area contributed by atoms with Crippen LogP contribution in [0.5, 0.6) is 0 Å². The Labute approximate surface area is 104 Å². The third-order valence-electron chi connectivity index (χ3n) is 2.71. The molecule has 2 heterocycles. The summed E-state index contributed by atoms with van der Waals surface area (Å²) < 4.78 is 0. The Hall–Kier alpha value is -1.81. The summed E-state index contributed by atoms with van der Waals surface area (Å²) in [6.45, 7) is 0. The first-order chi connectivity index (χ1) is 8.38. The summed E-state index contributed by atoms with van der Waals surface area (Å²) in [5.74, 6) is 1.30. The molecule has 0 radical (unpaired) electrons. The van der Waals surface area contributed by atoms with Crippen LogP contribution in [-0.2, 0) is 5.75 Å². The molecule has 0 aliphatic carbocycles. The van der Waals surface area contributed by atoms with Crippen molar-refractivity contribution in [2.45, 2.75) is 5.75 Å². The van der Waals surface area contributed by atoms with Gasteiger partial charge >= 0.3 is 0 Å². The number of hydrogen-bond acceptors (Lipinski definition) is 3. The van der Waals surface area contributed by atoms with Crippen molar-refractivity contribution in [3.05, 3.63) is 48.5 Å².